The lowest BCUT2D eigenvalue weighted by Gasteiger charge is -2.11. The fraction of sp³-hybridized carbons (Fsp3) is 0.290. The van der Waals surface area contributed by atoms with Gasteiger partial charge in [-0.3, -0.25) is 4.79 Å². The van der Waals surface area contributed by atoms with Crippen LogP contribution in [0.4, 0.5) is 0 Å². The van der Waals surface area contributed by atoms with Crippen LogP contribution in [0.5, 0.6) is 5.75 Å². The molecule has 0 bridgehead atoms. The zero-order chi connectivity index (χ0) is 27.5. The number of fused-ring (bicyclic) bond motifs is 1. The molecule has 1 heterocycles. The van der Waals surface area contributed by atoms with Gasteiger partial charge < -0.3 is 19.3 Å². The van der Waals surface area contributed by atoms with E-state index in [1.165, 1.54) is 10.3 Å². The molecule has 1 atom stereocenters. The number of carbonyl (C=O) groups is 1. The van der Waals surface area contributed by atoms with Crippen molar-refractivity contribution in [2.75, 3.05) is 20.3 Å². The molecule has 0 saturated heterocycles. The molecule has 2 aromatic carbocycles. The molecule has 1 aromatic heterocycles. The molecule has 3 rings (SSSR count). The van der Waals surface area contributed by atoms with Crippen LogP contribution in [0.25, 0.3) is 21.2 Å². The summed E-state index contributed by atoms with van der Waals surface area (Å²) in [6, 6.07) is 12.4. The van der Waals surface area contributed by atoms with Crippen LogP contribution in [0.1, 0.15) is 31.4 Å². The summed E-state index contributed by atoms with van der Waals surface area (Å²) in [5.74, 6) is 5.66. The number of rotatable bonds is 13. The van der Waals surface area contributed by atoms with Crippen LogP contribution in [-0.2, 0) is 20.9 Å². The van der Waals surface area contributed by atoms with Gasteiger partial charge in [0, 0.05) is 28.8 Å². The number of nitrogens with zero attached hydrogens (tertiary/aromatic N) is 1. The van der Waals surface area contributed by atoms with Crippen LogP contribution < -0.4 is 4.74 Å². The summed E-state index contributed by atoms with van der Waals surface area (Å²) in [4.78, 5) is 15.1. The normalized spacial score (nSPS) is 12.5. The first-order valence-electron chi connectivity index (χ1n) is 12.2. The molecular formula is C31H33NO5S. The first kappa shape index (κ1) is 28.7. The average molecular weight is 532 g/mol. The molecule has 1 N–H and O–H groups in total. The monoisotopic (exact) mass is 531 g/mol. The molecule has 6 nitrogen and oxygen atoms in total. The molecule has 3 aromatic rings. The third-order valence-electron chi connectivity index (χ3n) is 5.96. The second-order valence-corrected chi connectivity index (χ2v) is 9.62. The summed E-state index contributed by atoms with van der Waals surface area (Å²) < 4.78 is 17.9. The van der Waals surface area contributed by atoms with Gasteiger partial charge in [0.1, 0.15) is 19.0 Å². The van der Waals surface area contributed by atoms with Gasteiger partial charge in [-0.2, -0.15) is 0 Å². The number of benzene rings is 2. The highest BCUT2D eigenvalue weighted by atomic mass is 32.1. The molecule has 1 unspecified atom stereocenters. The molecule has 0 amide bonds. The van der Waals surface area contributed by atoms with Crippen molar-refractivity contribution in [1.29, 1.82) is 0 Å². The highest BCUT2D eigenvalue weighted by Crippen LogP contribution is 2.37. The van der Waals surface area contributed by atoms with Gasteiger partial charge in [-0.1, -0.05) is 29.7 Å². The summed E-state index contributed by atoms with van der Waals surface area (Å²) in [5, 5.41) is 12.5. The van der Waals surface area contributed by atoms with Gasteiger partial charge in [-0.15, -0.1) is 17.3 Å². The van der Waals surface area contributed by atoms with Crippen molar-refractivity contribution < 1.29 is 24.1 Å². The summed E-state index contributed by atoms with van der Waals surface area (Å²) in [6.07, 6.45) is 3.43. The SMILES string of the molecule is C=N/C(=C\C=C(/C)C(C#CC)CC(=O)O)OCc1ccc2scc(-c3ccc(OCCOC)cc3C)c2c1. The highest BCUT2D eigenvalue weighted by Gasteiger charge is 2.13. The molecule has 0 saturated carbocycles. The van der Waals surface area contributed by atoms with E-state index in [2.05, 4.69) is 60.1 Å². The number of ether oxygens (including phenoxy) is 3. The number of thiophene rings is 1. The smallest absolute Gasteiger partial charge is 0.304 e. The van der Waals surface area contributed by atoms with Crippen molar-refractivity contribution in [3.63, 3.8) is 0 Å². The quantitative estimate of drug-likeness (QED) is 0.0843. The van der Waals surface area contributed by atoms with Crippen LogP contribution in [0.2, 0.25) is 0 Å². The van der Waals surface area contributed by atoms with E-state index in [9.17, 15) is 4.79 Å². The fourth-order valence-corrected chi connectivity index (χ4v) is 4.88. The summed E-state index contributed by atoms with van der Waals surface area (Å²) >= 11 is 1.71. The Balaban J connectivity index is 1.77. The molecule has 0 radical (unpaired) electrons. The van der Waals surface area contributed by atoms with E-state index in [0.717, 1.165) is 33.4 Å². The second-order valence-electron chi connectivity index (χ2n) is 8.71. The maximum absolute atomic E-state index is 11.1. The predicted octanol–water partition coefficient (Wildman–Crippen LogP) is 7.02. The van der Waals surface area contributed by atoms with Crippen molar-refractivity contribution in [2.45, 2.75) is 33.8 Å². The number of methoxy groups -OCH3 is 1. The number of allylic oxidation sites excluding steroid dienone is 3. The van der Waals surface area contributed by atoms with E-state index >= 15 is 0 Å². The van der Waals surface area contributed by atoms with Crippen molar-refractivity contribution >= 4 is 34.1 Å². The summed E-state index contributed by atoms with van der Waals surface area (Å²) in [5.41, 5.74) is 5.30. The Morgan fingerprint density at radius 1 is 1.18 bits per heavy atom. The first-order valence-corrected chi connectivity index (χ1v) is 13.1. The topological polar surface area (TPSA) is 77.4 Å². The van der Waals surface area contributed by atoms with Crippen molar-refractivity contribution in [2.24, 2.45) is 10.9 Å². The number of hydrogen-bond donors (Lipinski definition) is 1. The van der Waals surface area contributed by atoms with Crippen LogP contribution in [-0.4, -0.2) is 38.1 Å². The van der Waals surface area contributed by atoms with Gasteiger partial charge in [0.2, 0.25) is 5.88 Å². The standard InChI is InChI=1S/C31H33NO5S/c1-6-7-24(18-31(33)34)21(2)8-13-30(32-4)37-19-23-9-12-29-27(17-23)28(20-38-29)26-11-10-25(16-22(26)3)36-15-14-35-5/h8-13,16-17,20,24H,4,14-15,18-19H2,1-3,5H3,(H,33,34)/b21-8+,30-13+. The van der Waals surface area contributed by atoms with Gasteiger partial charge in [0.25, 0.3) is 0 Å². The molecule has 0 fully saturated rings. The van der Waals surface area contributed by atoms with Crippen molar-refractivity contribution in [1.82, 2.24) is 0 Å². The van der Waals surface area contributed by atoms with Gasteiger partial charge >= 0.3 is 5.97 Å². The minimum Gasteiger partial charge on any atom is -0.491 e. The van der Waals surface area contributed by atoms with Gasteiger partial charge in [0.15, 0.2) is 0 Å². The molecule has 0 aliphatic carbocycles. The lowest BCUT2D eigenvalue weighted by molar-refractivity contribution is -0.137. The molecule has 198 valence electrons. The zero-order valence-electron chi connectivity index (χ0n) is 22.2. The van der Waals surface area contributed by atoms with Crippen LogP contribution >= 0.6 is 11.3 Å². The van der Waals surface area contributed by atoms with E-state index in [0.29, 0.717) is 25.7 Å². The van der Waals surface area contributed by atoms with E-state index in [1.54, 1.807) is 37.5 Å². The van der Waals surface area contributed by atoms with Crippen LogP contribution in [0, 0.1) is 24.7 Å². The van der Waals surface area contributed by atoms with Crippen molar-refractivity contribution in [3.05, 3.63) is 76.5 Å². The Morgan fingerprint density at radius 2 is 2.00 bits per heavy atom. The Bertz CT molecular complexity index is 1410. The third-order valence-corrected chi connectivity index (χ3v) is 6.92. The molecule has 7 heteroatoms. The zero-order valence-corrected chi connectivity index (χ0v) is 23.1. The predicted molar refractivity (Wildman–Crippen MR) is 155 cm³/mol. The third kappa shape index (κ3) is 7.82. The van der Waals surface area contributed by atoms with E-state index < -0.39 is 5.97 Å². The number of aryl methyl sites for hydroxylation is 1. The average Bonchev–Trinajstić information content (AvgIpc) is 3.31. The summed E-state index contributed by atoms with van der Waals surface area (Å²) in [7, 11) is 1.66. The number of aliphatic carboxylic acids is 1. The summed E-state index contributed by atoms with van der Waals surface area (Å²) in [6.45, 7) is 10.6. The molecule has 0 aliphatic heterocycles. The Labute approximate surface area is 228 Å². The maximum atomic E-state index is 11.1. The van der Waals surface area contributed by atoms with Gasteiger partial charge in [0.05, 0.1) is 18.9 Å². The lowest BCUT2D eigenvalue weighted by Crippen LogP contribution is -2.07. The Morgan fingerprint density at radius 3 is 2.68 bits per heavy atom. The van der Waals surface area contributed by atoms with E-state index in [-0.39, 0.29) is 12.3 Å². The Kier molecular flexibility index (Phi) is 10.7. The Hall–Kier alpha value is -3.86. The largest absolute Gasteiger partial charge is 0.491 e. The van der Waals surface area contributed by atoms with Crippen LogP contribution in [0.15, 0.2) is 70.4 Å². The van der Waals surface area contributed by atoms with Gasteiger partial charge in [-0.05, 0) is 73.8 Å². The number of aliphatic imine (C=N–C) groups is 1. The number of hydrogen-bond acceptors (Lipinski definition) is 6. The molecule has 38 heavy (non-hydrogen) atoms. The van der Waals surface area contributed by atoms with Crippen molar-refractivity contribution in [3.8, 4) is 28.7 Å². The second kappa shape index (κ2) is 14.2. The van der Waals surface area contributed by atoms with Gasteiger partial charge in [-0.25, -0.2) is 4.99 Å². The van der Waals surface area contributed by atoms with Crippen LogP contribution in [0.3, 0.4) is 0 Å². The minimum atomic E-state index is -0.891. The maximum Gasteiger partial charge on any atom is 0.304 e. The lowest BCUT2D eigenvalue weighted by atomic mass is 9.97. The number of carboxylic acids is 1. The molecule has 0 aliphatic rings. The number of carboxylic acid groups (broad SMARTS) is 1. The van der Waals surface area contributed by atoms with E-state index in [4.69, 9.17) is 19.3 Å². The fourth-order valence-electron chi connectivity index (χ4n) is 3.94. The minimum absolute atomic E-state index is 0.0548. The molecular weight excluding hydrogens is 498 g/mol. The first-order chi connectivity index (χ1) is 18.4. The highest BCUT2D eigenvalue weighted by molar-refractivity contribution is 7.17. The van der Waals surface area contributed by atoms with E-state index in [1.807, 2.05) is 19.1 Å². The molecule has 0 spiro atoms.